The zero-order valence-electron chi connectivity index (χ0n) is 18.3. The van der Waals surface area contributed by atoms with E-state index in [4.69, 9.17) is 5.73 Å². The Bertz CT molecular complexity index is 1100. The second-order valence-corrected chi connectivity index (χ2v) is 9.08. The zero-order valence-corrected chi connectivity index (χ0v) is 19.1. The van der Waals surface area contributed by atoms with Crippen LogP contribution in [0.1, 0.15) is 25.3 Å². The minimum atomic E-state index is -0.208. The molecule has 1 aliphatic rings. The van der Waals surface area contributed by atoms with Crippen LogP contribution < -0.4 is 11.1 Å². The van der Waals surface area contributed by atoms with Gasteiger partial charge in [-0.05, 0) is 56.1 Å². The molecule has 2 amide bonds. The maximum atomic E-state index is 12.5. The van der Waals surface area contributed by atoms with E-state index < -0.39 is 0 Å². The number of aryl methyl sites for hydroxylation is 1. The summed E-state index contributed by atoms with van der Waals surface area (Å²) in [6, 6.07) is 15.9. The van der Waals surface area contributed by atoms with Gasteiger partial charge in [-0.15, -0.1) is 0 Å². The Kier molecular flexibility index (Phi) is 7.12. The van der Waals surface area contributed by atoms with Gasteiger partial charge in [0.05, 0.1) is 22.7 Å². The standard InChI is InChI=1S/C24H29N5O2S/c1-2-29-21-8-4-3-7-20(21)27-24(29)32-16-22(30)26-19-11-9-17(10-12-19)14-28-13-5-6-18(15-28)23(25)31/h3-4,7-12,18H,2,5-6,13-16H2,1H3,(H2,25,31)(H,26,30). The number of likely N-dealkylation sites (tertiary alicyclic amines) is 1. The molecule has 168 valence electrons. The maximum Gasteiger partial charge on any atom is 0.234 e. The van der Waals surface area contributed by atoms with E-state index in [-0.39, 0.29) is 17.7 Å². The zero-order chi connectivity index (χ0) is 22.5. The molecule has 32 heavy (non-hydrogen) atoms. The predicted octanol–water partition coefficient (Wildman–Crippen LogP) is 3.48. The molecule has 0 radical (unpaired) electrons. The van der Waals surface area contributed by atoms with Crippen molar-refractivity contribution in [1.82, 2.24) is 14.5 Å². The molecule has 2 heterocycles. The number of carbonyl (C=O) groups is 2. The van der Waals surface area contributed by atoms with Crippen LogP contribution in [0.2, 0.25) is 0 Å². The molecule has 1 saturated heterocycles. The first-order valence-corrected chi connectivity index (χ1v) is 12.0. The van der Waals surface area contributed by atoms with Crippen molar-refractivity contribution in [3.05, 3.63) is 54.1 Å². The summed E-state index contributed by atoms with van der Waals surface area (Å²) in [5.74, 6) is -0.0217. The van der Waals surface area contributed by atoms with Crippen LogP contribution in [0.5, 0.6) is 0 Å². The molecule has 0 bridgehead atoms. The summed E-state index contributed by atoms with van der Waals surface area (Å²) >= 11 is 1.45. The second kappa shape index (κ2) is 10.2. The highest BCUT2D eigenvalue weighted by Gasteiger charge is 2.23. The Balaban J connectivity index is 1.30. The molecule has 2 aromatic carbocycles. The number of rotatable bonds is 8. The van der Waals surface area contributed by atoms with E-state index >= 15 is 0 Å². The number of piperidine rings is 1. The molecule has 3 aromatic rings. The minimum absolute atomic E-state index is 0.0549. The Morgan fingerprint density at radius 2 is 1.97 bits per heavy atom. The highest BCUT2D eigenvalue weighted by atomic mass is 32.2. The van der Waals surface area contributed by atoms with Crippen molar-refractivity contribution in [3.63, 3.8) is 0 Å². The fourth-order valence-corrected chi connectivity index (χ4v) is 5.06. The highest BCUT2D eigenvalue weighted by molar-refractivity contribution is 7.99. The van der Waals surface area contributed by atoms with Crippen LogP contribution in [0, 0.1) is 5.92 Å². The van der Waals surface area contributed by atoms with Crippen LogP contribution in [0.15, 0.2) is 53.7 Å². The number of thioether (sulfide) groups is 1. The number of hydrogen-bond donors (Lipinski definition) is 2. The van der Waals surface area contributed by atoms with Gasteiger partial charge < -0.3 is 15.6 Å². The number of nitrogens with two attached hydrogens (primary N) is 1. The molecular formula is C24H29N5O2S. The van der Waals surface area contributed by atoms with Gasteiger partial charge in [-0.25, -0.2) is 4.98 Å². The number of primary amides is 1. The average Bonchev–Trinajstić information content (AvgIpc) is 3.16. The first kappa shape index (κ1) is 22.4. The van der Waals surface area contributed by atoms with E-state index in [2.05, 4.69) is 32.8 Å². The van der Waals surface area contributed by atoms with E-state index in [1.165, 1.54) is 11.8 Å². The molecule has 7 nitrogen and oxygen atoms in total. The molecule has 1 aromatic heterocycles. The Morgan fingerprint density at radius 3 is 2.72 bits per heavy atom. The Hall–Kier alpha value is -2.84. The van der Waals surface area contributed by atoms with Crippen molar-refractivity contribution in [1.29, 1.82) is 0 Å². The van der Waals surface area contributed by atoms with Gasteiger partial charge in [-0.1, -0.05) is 36.0 Å². The van der Waals surface area contributed by atoms with Crippen LogP contribution in [-0.4, -0.2) is 45.1 Å². The maximum absolute atomic E-state index is 12.5. The summed E-state index contributed by atoms with van der Waals surface area (Å²) in [5.41, 5.74) is 9.44. The van der Waals surface area contributed by atoms with Crippen LogP contribution in [0.25, 0.3) is 11.0 Å². The van der Waals surface area contributed by atoms with Crippen molar-refractivity contribution in [2.75, 3.05) is 24.2 Å². The lowest BCUT2D eigenvalue weighted by atomic mass is 9.97. The number of carbonyl (C=O) groups excluding carboxylic acids is 2. The van der Waals surface area contributed by atoms with Crippen LogP contribution in [-0.2, 0) is 22.7 Å². The van der Waals surface area contributed by atoms with Gasteiger partial charge in [0, 0.05) is 25.3 Å². The normalized spacial score (nSPS) is 16.8. The smallest absolute Gasteiger partial charge is 0.234 e. The van der Waals surface area contributed by atoms with E-state index in [9.17, 15) is 9.59 Å². The van der Waals surface area contributed by atoms with E-state index in [0.29, 0.717) is 12.3 Å². The van der Waals surface area contributed by atoms with Gasteiger partial charge >= 0.3 is 0 Å². The molecule has 0 aliphatic carbocycles. The van der Waals surface area contributed by atoms with Crippen LogP contribution in [0.3, 0.4) is 0 Å². The summed E-state index contributed by atoms with van der Waals surface area (Å²) in [6.45, 7) is 5.36. The third kappa shape index (κ3) is 5.31. The lowest BCUT2D eigenvalue weighted by Gasteiger charge is -2.31. The van der Waals surface area contributed by atoms with Crippen molar-refractivity contribution >= 4 is 40.3 Å². The summed E-state index contributed by atoms with van der Waals surface area (Å²) in [6.07, 6.45) is 1.87. The van der Waals surface area contributed by atoms with Gasteiger partial charge in [0.2, 0.25) is 11.8 Å². The topological polar surface area (TPSA) is 93.3 Å². The van der Waals surface area contributed by atoms with Gasteiger partial charge in [0.25, 0.3) is 0 Å². The minimum Gasteiger partial charge on any atom is -0.369 e. The van der Waals surface area contributed by atoms with Crippen molar-refractivity contribution in [3.8, 4) is 0 Å². The number of hydrogen-bond acceptors (Lipinski definition) is 5. The van der Waals surface area contributed by atoms with Crippen molar-refractivity contribution in [2.45, 2.75) is 38.0 Å². The van der Waals surface area contributed by atoms with Crippen molar-refractivity contribution < 1.29 is 9.59 Å². The lowest BCUT2D eigenvalue weighted by Crippen LogP contribution is -2.40. The lowest BCUT2D eigenvalue weighted by molar-refractivity contribution is -0.123. The van der Waals surface area contributed by atoms with Gasteiger partial charge in [-0.3, -0.25) is 14.5 Å². The molecule has 4 rings (SSSR count). The SMILES string of the molecule is CCn1c(SCC(=O)Nc2ccc(CN3CCCC(C(N)=O)C3)cc2)nc2ccccc21. The van der Waals surface area contributed by atoms with E-state index in [1.54, 1.807) is 0 Å². The first-order chi connectivity index (χ1) is 15.5. The quantitative estimate of drug-likeness (QED) is 0.512. The molecule has 0 saturated carbocycles. The first-order valence-electron chi connectivity index (χ1n) is 11.0. The third-order valence-electron chi connectivity index (χ3n) is 5.82. The second-order valence-electron chi connectivity index (χ2n) is 8.14. The van der Waals surface area contributed by atoms with E-state index in [0.717, 1.165) is 59.9 Å². The largest absolute Gasteiger partial charge is 0.369 e. The molecule has 0 spiro atoms. The average molecular weight is 452 g/mol. The number of para-hydroxylation sites is 2. The van der Waals surface area contributed by atoms with Crippen LogP contribution >= 0.6 is 11.8 Å². The fourth-order valence-electron chi connectivity index (χ4n) is 4.18. The Labute approximate surface area is 192 Å². The number of imidazole rings is 1. The summed E-state index contributed by atoms with van der Waals surface area (Å²) < 4.78 is 2.13. The number of benzene rings is 2. The Morgan fingerprint density at radius 1 is 1.19 bits per heavy atom. The summed E-state index contributed by atoms with van der Waals surface area (Å²) in [4.78, 5) is 30.9. The van der Waals surface area contributed by atoms with Gasteiger partial charge in [-0.2, -0.15) is 0 Å². The molecule has 1 unspecified atom stereocenters. The van der Waals surface area contributed by atoms with Gasteiger partial charge in [0.15, 0.2) is 5.16 Å². The summed E-state index contributed by atoms with van der Waals surface area (Å²) in [5, 5.41) is 3.82. The number of nitrogens with zero attached hydrogens (tertiary/aromatic N) is 3. The molecule has 1 aliphatic heterocycles. The molecule has 1 atom stereocenters. The van der Waals surface area contributed by atoms with Crippen LogP contribution in [0.4, 0.5) is 5.69 Å². The number of nitrogens with one attached hydrogen (secondary N) is 1. The molecule has 8 heteroatoms. The molecular weight excluding hydrogens is 422 g/mol. The van der Waals surface area contributed by atoms with Gasteiger partial charge in [0.1, 0.15) is 0 Å². The van der Waals surface area contributed by atoms with E-state index in [1.807, 2.05) is 42.5 Å². The number of fused-ring (bicyclic) bond motifs is 1. The molecule has 3 N–H and O–H groups in total. The van der Waals surface area contributed by atoms with Crippen molar-refractivity contribution in [2.24, 2.45) is 11.7 Å². The monoisotopic (exact) mass is 451 g/mol. The number of amides is 2. The predicted molar refractivity (Wildman–Crippen MR) is 128 cm³/mol. The summed E-state index contributed by atoms with van der Waals surface area (Å²) in [7, 11) is 0. The number of aromatic nitrogens is 2. The third-order valence-corrected chi connectivity index (χ3v) is 6.80. The fraction of sp³-hybridized carbons (Fsp3) is 0.375. The molecule has 1 fully saturated rings. The highest BCUT2D eigenvalue weighted by Crippen LogP contribution is 2.24. The number of anilines is 1.